The Bertz CT molecular complexity index is 2070. The van der Waals surface area contributed by atoms with E-state index >= 15 is 0 Å². The fourth-order valence-electron chi connectivity index (χ4n) is 6.48. The summed E-state index contributed by atoms with van der Waals surface area (Å²) in [7, 11) is 0. The first-order chi connectivity index (χ1) is 17.3. The minimum atomic E-state index is 0.918. The maximum absolute atomic E-state index is 5.12. The van der Waals surface area contributed by atoms with Crippen LogP contribution in [0.2, 0.25) is 0 Å². The summed E-state index contributed by atoms with van der Waals surface area (Å²) in [5, 5.41) is 2.38. The Hall–Kier alpha value is -4.57. The van der Waals surface area contributed by atoms with Gasteiger partial charge in [0.15, 0.2) is 0 Å². The fraction of sp³-hybridized carbons (Fsp3) is 0.0645. The van der Waals surface area contributed by atoms with E-state index in [0.29, 0.717) is 0 Å². The molecular weight excluding hydrogens is 428 g/mol. The van der Waals surface area contributed by atoms with Gasteiger partial charge >= 0.3 is 0 Å². The lowest BCUT2D eigenvalue weighted by Gasteiger charge is -2.12. The summed E-state index contributed by atoms with van der Waals surface area (Å²) < 4.78 is 2.24. The Kier molecular flexibility index (Phi) is 3.11. The summed E-state index contributed by atoms with van der Waals surface area (Å²) in [5.41, 5.74) is 16.1. The highest BCUT2D eigenvalue weighted by Crippen LogP contribution is 2.47. The lowest BCUT2D eigenvalue weighted by Crippen LogP contribution is -1.96. The van der Waals surface area contributed by atoms with E-state index in [-0.39, 0.29) is 0 Å². The van der Waals surface area contributed by atoms with E-state index in [2.05, 4.69) is 64.0 Å². The molecule has 0 aliphatic heterocycles. The normalized spacial score (nSPS) is 13.5. The van der Waals surface area contributed by atoms with Gasteiger partial charge in [0.1, 0.15) is 5.65 Å². The molecule has 4 aromatic heterocycles. The summed E-state index contributed by atoms with van der Waals surface area (Å²) >= 11 is 0. The van der Waals surface area contributed by atoms with Crippen LogP contribution in [-0.4, -0.2) is 19.4 Å². The van der Waals surface area contributed by atoms with Crippen LogP contribution in [0.5, 0.6) is 0 Å². The zero-order valence-corrected chi connectivity index (χ0v) is 18.8. The molecule has 0 radical (unpaired) electrons. The van der Waals surface area contributed by atoms with Crippen molar-refractivity contribution in [3.63, 3.8) is 0 Å². The molecule has 0 saturated heterocycles. The molecule has 4 nitrogen and oxygen atoms in total. The average molecular weight is 447 g/mol. The molecule has 162 valence electrons. The lowest BCUT2D eigenvalue weighted by atomic mass is 9.96. The van der Waals surface area contributed by atoms with Crippen LogP contribution in [0.1, 0.15) is 22.3 Å². The Labute approximate surface area is 200 Å². The molecule has 3 aromatic carbocycles. The summed E-state index contributed by atoms with van der Waals surface area (Å²) in [6.07, 6.45) is 7.55. The first-order valence-corrected chi connectivity index (χ1v) is 12.0. The van der Waals surface area contributed by atoms with Crippen molar-refractivity contribution in [1.82, 2.24) is 19.4 Å². The van der Waals surface area contributed by atoms with Crippen molar-refractivity contribution in [2.24, 2.45) is 0 Å². The molecule has 0 spiro atoms. The predicted molar refractivity (Wildman–Crippen MR) is 140 cm³/mol. The maximum atomic E-state index is 5.12. The molecule has 7 aromatic rings. The molecule has 2 aliphatic rings. The molecule has 35 heavy (non-hydrogen) atoms. The van der Waals surface area contributed by atoms with Crippen molar-refractivity contribution in [2.75, 3.05) is 0 Å². The summed E-state index contributed by atoms with van der Waals surface area (Å²) in [4.78, 5) is 14.3. The molecule has 0 amide bonds. The quantitative estimate of drug-likeness (QED) is 0.243. The first-order valence-electron chi connectivity index (χ1n) is 12.0. The smallest absolute Gasteiger partial charge is 0.146 e. The number of imidazole rings is 1. The van der Waals surface area contributed by atoms with Gasteiger partial charge in [0.05, 0.1) is 28.3 Å². The van der Waals surface area contributed by atoms with E-state index in [1.54, 1.807) is 0 Å². The van der Waals surface area contributed by atoms with Gasteiger partial charge in [-0.2, -0.15) is 0 Å². The second-order valence-corrected chi connectivity index (χ2v) is 9.70. The van der Waals surface area contributed by atoms with Crippen molar-refractivity contribution in [1.29, 1.82) is 0 Å². The van der Waals surface area contributed by atoms with Gasteiger partial charge in [-0.3, -0.25) is 14.4 Å². The molecule has 2 aliphatic carbocycles. The number of hydrogen-bond acceptors (Lipinski definition) is 3. The van der Waals surface area contributed by atoms with Crippen LogP contribution < -0.4 is 0 Å². The van der Waals surface area contributed by atoms with E-state index in [0.717, 1.165) is 40.6 Å². The minimum Gasteiger partial charge on any atom is -0.289 e. The van der Waals surface area contributed by atoms with Crippen LogP contribution in [-0.2, 0) is 12.8 Å². The van der Waals surface area contributed by atoms with Gasteiger partial charge in [-0.15, -0.1) is 0 Å². The van der Waals surface area contributed by atoms with Gasteiger partial charge in [0.25, 0.3) is 0 Å². The number of fused-ring (bicyclic) bond motifs is 15. The second-order valence-electron chi connectivity index (χ2n) is 9.70. The Morgan fingerprint density at radius 1 is 0.686 bits per heavy atom. The Balaban J connectivity index is 1.41. The van der Waals surface area contributed by atoms with Crippen LogP contribution in [0, 0.1) is 0 Å². The molecule has 0 N–H and O–H groups in total. The van der Waals surface area contributed by atoms with Crippen molar-refractivity contribution in [3.8, 4) is 22.3 Å². The number of benzene rings is 3. The summed E-state index contributed by atoms with van der Waals surface area (Å²) in [6.45, 7) is 0. The van der Waals surface area contributed by atoms with Gasteiger partial charge < -0.3 is 0 Å². The molecule has 0 fully saturated rings. The van der Waals surface area contributed by atoms with Crippen LogP contribution in [0.4, 0.5) is 0 Å². The molecule has 9 rings (SSSR count). The highest BCUT2D eigenvalue weighted by atomic mass is 15.0. The van der Waals surface area contributed by atoms with E-state index in [1.165, 1.54) is 55.3 Å². The first kappa shape index (κ1) is 17.8. The van der Waals surface area contributed by atoms with Crippen LogP contribution in [0.25, 0.3) is 60.7 Å². The third-order valence-corrected chi connectivity index (χ3v) is 7.95. The average Bonchev–Trinajstić information content (AvgIpc) is 3.58. The van der Waals surface area contributed by atoms with E-state index < -0.39 is 0 Å². The fourth-order valence-corrected chi connectivity index (χ4v) is 6.48. The number of aromatic nitrogens is 4. The Morgan fingerprint density at radius 2 is 1.60 bits per heavy atom. The topological polar surface area (TPSA) is 43.1 Å². The summed E-state index contributed by atoms with van der Waals surface area (Å²) in [6, 6.07) is 24.4. The molecular formula is C31H18N4. The van der Waals surface area contributed by atoms with Crippen molar-refractivity contribution < 1.29 is 0 Å². The van der Waals surface area contributed by atoms with E-state index in [4.69, 9.17) is 9.97 Å². The monoisotopic (exact) mass is 446 g/mol. The molecule has 0 atom stereocenters. The predicted octanol–water partition coefficient (Wildman–Crippen LogP) is 6.73. The van der Waals surface area contributed by atoms with Crippen molar-refractivity contribution in [2.45, 2.75) is 12.8 Å². The second kappa shape index (κ2) is 6.10. The molecule has 4 heterocycles. The zero-order chi connectivity index (χ0) is 22.7. The van der Waals surface area contributed by atoms with Crippen molar-refractivity contribution in [3.05, 3.63) is 108 Å². The minimum absolute atomic E-state index is 0.918. The van der Waals surface area contributed by atoms with Gasteiger partial charge in [0, 0.05) is 23.2 Å². The van der Waals surface area contributed by atoms with E-state index in [1.807, 2.05) is 30.7 Å². The van der Waals surface area contributed by atoms with Crippen LogP contribution in [0.15, 0.2) is 85.3 Å². The number of nitrogens with zero attached hydrogens (tertiary/aromatic N) is 4. The molecule has 4 heteroatoms. The molecule has 0 bridgehead atoms. The van der Waals surface area contributed by atoms with Crippen LogP contribution >= 0.6 is 0 Å². The van der Waals surface area contributed by atoms with Gasteiger partial charge in [-0.1, -0.05) is 42.5 Å². The highest BCUT2D eigenvalue weighted by molar-refractivity contribution is 6.15. The van der Waals surface area contributed by atoms with Gasteiger partial charge in [-0.05, 0) is 81.6 Å². The summed E-state index contributed by atoms with van der Waals surface area (Å²) in [5.74, 6) is 0. The number of rotatable bonds is 0. The molecule has 0 unspecified atom stereocenters. The lowest BCUT2D eigenvalue weighted by molar-refractivity contribution is 1.22. The van der Waals surface area contributed by atoms with Gasteiger partial charge in [-0.25, -0.2) is 4.98 Å². The zero-order valence-electron chi connectivity index (χ0n) is 18.8. The van der Waals surface area contributed by atoms with E-state index in [9.17, 15) is 0 Å². The number of pyridine rings is 3. The highest BCUT2D eigenvalue weighted by Gasteiger charge is 2.28. The Morgan fingerprint density at radius 3 is 2.60 bits per heavy atom. The maximum Gasteiger partial charge on any atom is 0.146 e. The SMILES string of the molecule is c1ccc2c(c1)Cc1cc3c(cc1-2)-c1ccc2c4ncccc4n4c5cnccc5nc4c2c1C3. The van der Waals surface area contributed by atoms with Crippen molar-refractivity contribution >= 4 is 38.5 Å². The largest absolute Gasteiger partial charge is 0.289 e. The van der Waals surface area contributed by atoms with Crippen LogP contribution in [0.3, 0.4) is 0 Å². The standard InChI is InChI=1S/C31H18N4/c1-2-5-20-17(4-1)12-18-13-19-14-25-21(24(19)15-23(18)20)7-8-22-29(25)31-34-26-9-11-32-16-28(26)35(31)27-6-3-10-33-30(22)27/h1-11,13,15-16H,12,14H2. The van der Waals surface area contributed by atoms with Gasteiger partial charge in [0.2, 0.25) is 0 Å². The molecule has 0 saturated carbocycles. The number of hydrogen-bond donors (Lipinski definition) is 0. The third kappa shape index (κ3) is 2.15. The third-order valence-electron chi connectivity index (χ3n) is 7.95.